The lowest BCUT2D eigenvalue weighted by molar-refractivity contribution is -0.122. The SMILES string of the molecule is CN=C/C(=C\N)c1ccc(CN2C(=O)C3(CCNC3)c3ccccc32)c(F)c1. The van der Waals surface area contributed by atoms with Gasteiger partial charge in [0.15, 0.2) is 0 Å². The van der Waals surface area contributed by atoms with E-state index in [4.69, 9.17) is 5.73 Å². The molecule has 1 saturated heterocycles. The van der Waals surface area contributed by atoms with Crippen LogP contribution in [-0.4, -0.2) is 32.3 Å². The summed E-state index contributed by atoms with van der Waals surface area (Å²) in [5.41, 5.74) is 8.77. The molecule has 1 spiro atoms. The number of halogens is 1. The molecular weight excluding hydrogens is 355 g/mol. The molecular formula is C22H23FN4O. The van der Waals surface area contributed by atoms with Crippen LogP contribution in [0.15, 0.2) is 53.7 Å². The first kappa shape index (κ1) is 18.4. The fraction of sp³-hybridized carbons (Fsp3) is 0.273. The number of fused-ring (bicyclic) bond motifs is 2. The number of hydrogen-bond acceptors (Lipinski definition) is 4. The Balaban J connectivity index is 1.67. The van der Waals surface area contributed by atoms with E-state index in [-0.39, 0.29) is 18.3 Å². The lowest BCUT2D eigenvalue weighted by atomic mass is 9.81. The van der Waals surface area contributed by atoms with E-state index < -0.39 is 5.41 Å². The van der Waals surface area contributed by atoms with Crippen molar-refractivity contribution in [3.63, 3.8) is 0 Å². The van der Waals surface area contributed by atoms with Crippen molar-refractivity contribution < 1.29 is 9.18 Å². The van der Waals surface area contributed by atoms with Gasteiger partial charge in [0.25, 0.3) is 0 Å². The summed E-state index contributed by atoms with van der Waals surface area (Å²) in [6.45, 7) is 1.64. The van der Waals surface area contributed by atoms with Crippen LogP contribution in [-0.2, 0) is 16.8 Å². The number of amides is 1. The molecule has 0 bridgehead atoms. The van der Waals surface area contributed by atoms with Crippen molar-refractivity contribution in [1.82, 2.24) is 5.32 Å². The van der Waals surface area contributed by atoms with Crippen LogP contribution in [0.3, 0.4) is 0 Å². The van der Waals surface area contributed by atoms with Gasteiger partial charge in [0.1, 0.15) is 5.82 Å². The molecule has 5 nitrogen and oxygen atoms in total. The maximum Gasteiger partial charge on any atom is 0.239 e. The third kappa shape index (κ3) is 2.81. The standard InChI is InChI=1S/C22H23FN4O/c1-25-12-17(11-24)15-6-7-16(19(23)10-15)13-27-20-5-3-2-4-18(20)22(21(27)28)8-9-26-14-22/h2-7,10-12,26H,8-9,13-14,24H2,1H3/b17-11+,25-12?. The second-order valence-corrected chi connectivity index (χ2v) is 7.23. The number of aliphatic imine (C=N–C) groups is 1. The quantitative estimate of drug-likeness (QED) is 0.804. The number of nitrogens with one attached hydrogen (secondary N) is 1. The zero-order valence-corrected chi connectivity index (χ0v) is 15.8. The summed E-state index contributed by atoms with van der Waals surface area (Å²) in [5, 5.41) is 3.31. The Bertz CT molecular complexity index is 976. The van der Waals surface area contributed by atoms with Crippen molar-refractivity contribution >= 4 is 23.4 Å². The molecule has 1 fully saturated rings. The molecule has 0 aliphatic carbocycles. The largest absolute Gasteiger partial charge is 0.404 e. The highest BCUT2D eigenvalue weighted by atomic mass is 19.1. The Morgan fingerprint density at radius 2 is 2.18 bits per heavy atom. The number of anilines is 1. The molecule has 144 valence electrons. The minimum atomic E-state index is -0.528. The highest BCUT2D eigenvalue weighted by Gasteiger charge is 2.52. The van der Waals surface area contributed by atoms with E-state index >= 15 is 0 Å². The van der Waals surface area contributed by atoms with E-state index in [1.165, 1.54) is 12.3 Å². The molecule has 0 radical (unpaired) electrons. The Morgan fingerprint density at radius 3 is 2.86 bits per heavy atom. The molecule has 6 heteroatoms. The van der Waals surface area contributed by atoms with Crippen LogP contribution in [0.1, 0.15) is 23.1 Å². The summed E-state index contributed by atoms with van der Waals surface area (Å²) in [4.78, 5) is 19.0. The van der Waals surface area contributed by atoms with Gasteiger partial charge < -0.3 is 16.0 Å². The Kier molecular flexibility index (Phi) is 4.73. The van der Waals surface area contributed by atoms with E-state index in [1.807, 2.05) is 24.3 Å². The first-order valence-electron chi connectivity index (χ1n) is 9.36. The third-order valence-corrected chi connectivity index (χ3v) is 5.68. The van der Waals surface area contributed by atoms with Gasteiger partial charge in [-0.25, -0.2) is 4.39 Å². The van der Waals surface area contributed by atoms with Gasteiger partial charge in [-0.15, -0.1) is 0 Å². The number of para-hydroxylation sites is 1. The zero-order chi connectivity index (χ0) is 19.7. The first-order chi connectivity index (χ1) is 13.6. The average molecular weight is 378 g/mol. The minimum absolute atomic E-state index is 0.0443. The Morgan fingerprint density at radius 1 is 1.36 bits per heavy atom. The maximum atomic E-state index is 14.8. The fourth-order valence-corrected chi connectivity index (χ4v) is 4.24. The number of allylic oxidation sites excluding steroid dienone is 1. The van der Waals surface area contributed by atoms with E-state index in [2.05, 4.69) is 10.3 Å². The van der Waals surface area contributed by atoms with Crippen LogP contribution < -0.4 is 16.0 Å². The van der Waals surface area contributed by atoms with Crippen LogP contribution in [0.25, 0.3) is 5.57 Å². The monoisotopic (exact) mass is 378 g/mol. The third-order valence-electron chi connectivity index (χ3n) is 5.68. The predicted molar refractivity (Wildman–Crippen MR) is 110 cm³/mol. The van der Waals surface area contributed by atoms with E-state index in [0.717, 1.165) is 24.2 Å². The molecule has 1 atom stereocenters. The van der Waals surface area contributed by atoms with Crippen molar-refractivity contribution in [3.8, 4) is 0 Å². The number of hydrogen-bond donors (Lipinski definition) is 2. The van der Waals surface area contributed by atoms with Gasteiger partial charge in [-0.05, 0) is 36.2 Å². The number of nitrogens with zero attached hydrogens (tertiary/aromatic N) is 2. The molecule has 2 aliphatic rings. The lowest BCUT2D eigenvalue weighted by Crippen LogP contribution is -2.41. The summed E-state index contributed by atoms with van der Waals surface area (Å²) in [6, 6.07) is 12.8. The lowest BCUT2D eigenvalue weighted by Gasteiger charge is -2.23. The number of benzene rings is 2. The summed E-state index contributed by atoms with van der Waals surface area (Å²) in [7, 11) is 1.64. The van der Waals surface area contributed by atoms with Crippen molar-refractivity contribution in [3.05, 3.63) is 71.2 Å². The van der Waals surface area contributed by atoms with Crippen molar-refractivity contribution in [2.75, 3.05) is 25.0 Å². The number of nitrogens with two attached hydrogens (primary N) is 1. The molecule has 0 aromatic heterocycles. The summed E-state index contributed by atoms with van der Waals surface area (Å²) >= 11 is 0. The molecule has 4 rings (SSSR count). The van der Waals surface area contributed by atoms with Gasteiger partial charge in [-0.2, -0.15) is 0 Å². The summed E-state index contributed by atoms with van der Waals surface area (Å²) in [5.74, 6) is -0.319. The molecule has 0 saturated carbocycles. The van der Waals surface area contributed by atoms with Crippen molar-refractivity contribution in [2.45, 2.75) is 18.4 Å². The van der Waals surface area contributed by atoms with Gasteiger partial charge in [-0.3, -0.25) is 9.79 Å². The molecule has 2 aromatic carbocycles. The maximum absolute atomic E-state index is 14.8. The molecule has 1 unspecified atom stereocenters. The Labute approximate surface area is 163 Å². The van der Waals surface area contributed by atoms with Gasteiger partial charge >= 0.3 is 0 Å². The molecule has 1 amide bonds. The van der Waals surface area contributed by atoms with E-state index in [9.17, 15) is 9.18 Å². The minimum Gasteiger partial charge on any atom is -0.404 e. The average Bonchev–Trinajstić information content (AvgIpc) is 3.29. The van der Waals surface area contributed by atoms with Crippen LogP contribution >= 0.6 is 0 Å². The van der Waals surface area contributed by atoms with Crippen LogP contribution in [0.2, 0.25) is 0 Å². The van der Waals surface area contributed by atoms with E-state index in [0.29, 0.717) is 23.2 Å². The fourth-order valence-electron chi connectivity index (χ4n) is 4.24. The first-order valence-corrected chi connectivity index (χ1v) is 9.36. The molecule has 2 aromatic rings. The number of carbonyl (C=O) groups excluding carboxylic acids is 1. The second-order valence-electron chi connectivity index (χ2n) is 7.23. The highest BCUT2D eigenvalue weighted by Crippen LogP contribution is 2.45. The van der Waals surface area contributed by atoms with Crippen LogP contribution in [0, 0.1) is 5.82 Å². The molecule has 3 N–H and O–H groups in total. The predicted octanol–water partition coefficient (Wildman–Crippen LogP) is 2.60. The summed E-state index contributed by atoms with van der Waals surface area (Å²) in [6.07, 6.45) is 3.76. The highest BCUT2D eigenvalue weighted by molar-refractivity contribution is 6.10. The van der Waals surface area contributed by atoms with Crippen molar-refractivity contribution in [2.24, 2.45) is 10.7 Å². The molecule has 2 heterocycles. The van der Waals surface area contributed by atoms with Crippen LogP contribution in [0.5, 0.6) is 0 Å². The molecule has 28 heavy (non-hydrogen) atoms. The smallest absolute Gasteiger partial charge is 0.239 e. The Hall–Kier alpha value is -2.99. The van der Waals surface area contributed by atoms with Gasteiger partial charge in [0, 0.05) is 42.8 Å². The van der Waals surface area contributed by atoms with Crippen molar-refractivity contribution in [1.29, 1.82) is 0 Å². The summed E-state index contributed by atoms with van der Waals surface area (Å²) < 4.78 is 14.8. The van der Waals surface area contributed by atoms with Crippen LogP contribution in [0.4, 0.5) is 10.1 Å². The molecule has 2 aliphatic heterocycles. The number of rotatable bonds is 4. The van der Waals surface area contributed by atoms with Gasteiger partial charge in [0.2, 0.25) is 5.91 Å². The zero-order valence-electron chi connectivity index (χ0n) is 15.8. The normalized spacial score (nSPS) is 21.9. The second kappa shape index (κ2) is 7.20. The topological polar surface area (TPSA) is 70.7 Å². The number of carbonyl (C=O) groups is 1. The van der Waals surface area contributed by atoms with Gasteiger partial charge in [-0.1, -0.05) is 30.3 Å². The van der Waals surface area contributed by atoms with Gasteiger partial charge in [0.05, 0.1) is 12.0 Å². The van der Waals surface area contributed by atoms with E-state index in [1.54, 1.807) is 30.3 Å².